The molecule has 4 aromatic carbocycles. The van der Waals surface area contributed by atoms with Gasteiger partial charge in [-0.1, -0.05) is 97.9 Å². The fourth-order valence-corrected chi connectivity index (χ4v) is 5.81. The molecule has 0 saturated carbocycles. The molecule has 1 nitrogen and oxygen atoms in total. The van der Waals surface area contributed by atoms with Crippen LogP contribution >= 0.6 is 11.3 Å². The third-order valence-electron chi connectivity index (χ3n) is 6.29. The highest BCUT2D eigenvalue weighted by atomic mass is 32.1. The molecule has 0 radical (unpaired) electrons. The number of nitrogens with zero attached hydrogens (tertiary/aromatic N) is 1. The number of hydrogen-bond donors (Lipinski definition) is 0. The second kappa shape index (κ2) is 8.31. The van der Waals surface area contributed by atoms with Crippen molar-refractivity contribution in [2.45, 2.75) is 12.8 Å². The maximum absolute atomic E-state index is 9.14. The number of pyridine rings is 1. The van der Waals surface area contributed by atoms with Gasteiger partial charge in [0, 0.05) is 39.2 Å². The van der Waals surface area contributed by atoms with E-state index in [1.165, 1.54) is 31.3 Å². The Hall–Kier alpha value is -3.75. The van der Waals surface area contributed by atoms with Gasteiger partial charge in [-0.3, -0.25) is 4.98 Å². The predicted octanol–water partition coefficient (Wildman–Crippen LogP) is 8.94. The summed E-state index contributed by atoms with van der Waals surface area (Å²) in [7, 11) is 0. The fraction of sp³-hybridized carbons (Fsp3) is 0.0645. The molecular formula is C31H23NS. The van der Waals surface area contributed by atoms with E-state index in [-0.39, 0.29) is 0 Å². The lowest BCUT2D eigenvalue weighted by Gasteiger charge is -2.14. The van der Waals surface area contributed by atoms with Crippen molar-refractivity contribution in [1.29, 1.82) is 0 Å². The van der Waals surface area contributed by atoms with Gasteiger partial charge in [-0.15, -0.1) is 11.3 Å². The maximum Gasteiger partial charge on any atom is 0.0719 e. The average molecular weight is 443 g/mol. The van der Waals surface area contributed by atoms with E-state index in [1.54, 1.807) is 0 Å². The first-order valence-electron chi connectivity index (χ1n) is 11.6. The maximum atomic E-state index is 9.14. The molecular weight excluding hydrogens is 418 g/mol. The third kappa shape index (κ3) is 3.53. The molecule has 158 valence electrons. The summed E-state index contributed by atoms with van der Waals surface area (Å²) >= 11 is 1.81. The van der Waals surface area contributed by atoms with Gasteiger partial charge in [0.2, 0.25) is 0 Å². The van der Waals surface area contributed by atoms with Crippen LogP contribution in [-0.2, 0) is 0 Å². The van der Waals surface area contributed by atoms with E-state index in [4.69, 9.17) is 6.35 Å². The second-order valence-corrected chi connectivity index (χ2v) is 9.30. The van der Waals surface area contributed by atoms with Crippen molar-refractivity contribution in [3.63, 3.8) is 0 Å². The SMILES string of the molecule is [2H]C(C)(c1ccccc1)c1ccnc(-c2ccc(-c3ccccc3)c3c2sc2ccccc23)c1. The van der Waals surface area contributed by atoms with Crippen molar-refractivity contribution in [1.82, 2.24) is 4.98 Å². The summed E-state index contributed by atoms with van der Waals surface area (Å²) in [6.45, 7) is 1.95. The van der Waals surface area contributed by atoms with Crippen LogP contribution in [0.3, 0.4) is 0 Å². The van der Waals surface area contributed by atoms with Gasteiger partial charge < -0.3 is 0 Å². The minimum Gasteiger partial charge on any atom is -0.256 e. The fourth-order valence-electron chi connectivity index (χ4n) is 4.55. The molecule has 0 amide bonds. The van der Waals surface area contributed by atoms with Gasteiger partial charge in [-0.25, -0.2) is 0 Å². The highest BCUT2D eigenvalue weighted by Gasteiger charge is 2.17. The molecule has 1 unspecified atom stereocenters. The van der Waals surface area contributed by atoms with Crippen LogP contribution in [0.25, 0.3) is 42.6 Å². The van der Waals surface area contributed by atoms with E-state index in [2.05, 4.69) is 72.8 Å². The van der Waals surface area contributed by atoms with E-state index in [0.29, 0.717) is 0 Å². The van der Waals surface area contributed by atoms with Crippen molar-refractivity contribution >= 4 is 31.5 Å². The van der Waals surface area contributed by atoms with Gasteiger partial charge in [0.15, 0.2) is 0 Å². The lowest BCUT2D eigenvalue weighted by atomic mass is 9.92. The van der Waals surface area contributed by atoms with Gasteiger partial charge in [0.1, 0.15) is 0 Å². The number of aromatic nitrogens is 1. The van der Waals surface area contributed by atoms with Crippen LogP contribution in [-0.4, -0.2) is 4.98 Å². The average Bonchev–Trinajstić information content (AvgIpc) is 3.29. The van der Waals surface area contributed by atoms with E-state index in [0.717, 1.165) is 22.4 Å². The largest absolute Gasteiger partial charge is 0.256 e. The Kier molecular flexibility index (Phi) is 4.73. The molecule has 0 aliphatic rings. The van der Waals surface area contributed by atoms with Gasteiger partial charge in [-0.2, -0.15) is 0 Å². The van der Waals surface area contributed by atoms with Crippen molar-refractivity contribution in [2.24, 2.45) is 0 Å². The molecule has 0 spiro atoms. The first kappa shape index (κ1) is 18.8. The summed E-state index contributed by atoms with van der Waals surface area (Å²) in [6.07, 6.45) is 1.84. The predicted molar refractivity (Wildman–Crippen MR) is 142 cm³/mol. The molecule has 1 atom stereocenters. The molecule has 0 saturated heterocycles. The number of fused-ring (bicyclic) bond motifs is 3. The smallest absolute Gasteiger partial charge is 0.0719 e. The number of thiophene rings is 1. The lowest BCUT2D eigenvalue weighted by molar-refractivity contribution is 0.918. The molecule has 0 fully saturated rings. The highest BCUT2D eigenvalue weighted by molar-refractivity contribution is 7.26. The Morgan fingerprint density at radius 3 is 2.24 bits per heavy atom. The van der Waals surface area contributed by atoms with E-state index >= 15 is 0 Å². The van der Waals surface area contributed by atoms with Crippen LogP contribution in [0.5, 0.6) is 0 Å². The standard InChI is InChI=1S/C31H23NS/c1-21(22-10-4-2-5-11-22)24-18-19-32-28(20-24)26-17-16-25(23-12-6-3-7-13-23)30-27-14-8-9-15-29(27)33-31(26)30/h2-21H,1H3/i21D. The van der Waals surface area contributed by atoms with Crippen molar-refractivity contribution in [3.05, 3.63) is 127 Å². The molecule has 0 aliphatic carbocycles. The van der Waals surface area contributed by atoms with Crippen LogP contribution in [0.1, 0.15) is 25.3 Å². The monoisotopic (exact) mass is 442 g/mol. The minimum absolute atomic E-state index is 0.859. The van der Waals surface area contributed by atoms with Crippen molar-refractivity contribution < 1.29 is 1.37 Å². The third-order valence-corrected chi connectivity index (χ3v) is 7.49. The van der Waals surface area contributed by atoms with Gasteiger partial charge in [0.25, 0.3) is 0 Å². The zero-order valence-corrected chi connectivity index (χ0v) is 19.1. The molecule has 0 aliphatic heterocycles. The summed E-state index contributed by atoms with van der Waals surface area (Å²) in [5.74, 6) is -0.859. The van der Waals surface area contributed by atoms with Crippen LogP contribution in [0.2, 0.25) is 0 Å². The van der Waals surface area contributed by atoms with Gasteiger partial charge >= 0.3 is 0 Å². The molecule has 2 aromatic heterocycles. The second-order valence-electron chi connectivity index (χ2n) is 8.25. The summed E-state index contributed by atoms with van der Waals surface area (Å²) in [6, 6.07) is 37.7. The number of rotatable bonds is 4. The molecule has 2 heterocycles. The Bertz CT molecular complexity index is 1620. The van der Waals surface area contributed by atoms with Crippen molar-refractivity contribution in [3.8, 4) is 22.4 Å². The molecule has 0 bridgehead atoms. The van der Waals surface area contributed by atoms with E-state index in [9.17, 15) is 0 Å². The zero-order valence-electron chi connectivity index (χ0n) is 19.3. The quantitative estimate of drug-likeness (QED) is 0.265. The Morgan fingerprint density at radius 2 is 1.42 bits per heavy atom. The molecule has 33 heavy (non-hydrogen) atoms. The Morgan fingerprint density at radius 1 is 0.727 bits per heavy atom. The Labute approximate surface area is 199 Å². The summed E-state index contributed by atoms with van der Waals surface area (Å²) in [5.41, 5.74) is 6.38. The lowest BCUT2D eigenvalue weighted by Crippen LogP contribution is -1.97. The molecule has 0 N–H and O–H groups in total. The minimum atomic E-state index is -0.859. The van der Waals surface area contributed by atoms with Gasteiger partial charge in [0.05, 0.1) is 5.69 Å². The van der Waals surface area contributed by atoms with E-state index < -0.39 is 5.89 Å². The molecule has 6 rings (SSSR count). The first-order valence-corrected chi connectivity index (χ1v) is 12.0. The van der Waals surface area contributed by atoms with Crippen LogP contribution in [0.15, 0.2) is 115 Å². The topological polar surface area (TPSA) is 12.9 Å². The van der Waals surface area contributed by atoms with Gasteiger partial charge in [-0.05, 0) is 40.5 Å². The summed E-state index contributed by atoms with van der Waals surface area (Å²) < 4.78 is 11.6. The highest BCUT2D eigenvalue weighted by Crippen LogP contribution is 2.44. The van der Waals surface area contributed by atoms with Crippen LogP contribution < -0.4 is 0 Å². The normalized spacial score (nSPS) is 13.7. The Balaban J connectivity index is 1.58. The summed E-state index contributed by atoms with van der Waals surface area (Å²) in [4.78, 5) is 4.76. The molecule has 2 heteroatoms. The summed E-state index contributed by atoms with van der Waals surface area (Å²) in [5, 5.41) is 2.54. The van der Waals surface area contributed by atoms with Crippen LogP contribution in [0.4, 0.5) is 0 Å². The first-order chi connectivity index (χ1) is 16.6. The number of benzene rings is 4. The number of hydrogen-bond acceptors (Lipinski definition) is 2. The van der Waals surface area contributed by atoms with Crippen molar-refractivity contribution in [2.75, 3.05) is 0 Å². The zero-order chi connectivity index (χ0) is 23.1. The molecule has 6 aromatic rings. The van der Waals surface area contributed by atoms with Crippen LogP contribution in [0, 0.1) is 0 Å². The van der Waals surface area contributed by atoms with E-state index in [1.807, 2.05) is 60.9 Å².